The van der Waals surface area contributed by atoms with Crippen molar-refractivity contribution in [2.75, 3.05) is 33.1 Å². The van der Waals surface area contributed by atoms with Crippen molar-refractivity contribution in [3.63, 3.8) is 0 Å². The number of allylic oxidation sites excluding steroid dienone is 1. The van der Waals surface area contributed by atoms with E-state index in [4.69, 9.17) is 14.9 Å². The van der Waals surface area contributed by atoms with Crippen LogP contribution in [0.4, 0.5) is 5.69 Å². The molecule has 1 aromatic carbocycles. The molecule has 39 heavy (non-hydrogen) atoms. The summed E-state index contributed by atoms with van der Waals surface area (Å²) in [6, 6.07) is 5.29. The first-order chi connectivity index (χ1) is 18.6. The Morgan fingerprint density at radius 3 is 2.28 bits per heavy atom. The number of carbonyl (C=O) groups excluding carboxylic acids is 2. The molecule has 1 fully saturated rings. The molecule has 2 rings (SSSR count). The number of hydrogen-bond acceptors (Lipinski definition) is 8. The van der Waals surface area contributed by atoms with Crippen LogP contribution >= 0.6 is 0 Å². The van der Waals surface area contributed by atoms with Crippen molar-refractivity contribution in [1.82, 2.24) is 10.6 Å². The van der Waals surface area contributed by atoms with Crippen molar-refractivity contribution in [1.29, 1.82) is 5.41 Å². The summed E-state index contributed by atoms with van der Waals surface area (Å²) in [5.74, 6) is 0.0421. The first-order valence-corrected chi connectivity index (χ1v) is 13.3. The molecule has 9 nitrogen and oxygen atoms in total. The van der Waals surface area contributed by atoms with E-state index in [1.165, 1.54) is 19.6 Å². The van der Waals surface area contributed by atoms with E-state index in [2.05, 4.69) is 54.4 Å². The predicted molar refractivity (Wildman–Crippen MR) is 162 cm³/mol. The fourth-order valence-corrected chi connectivity index (χ4v) is 2.93. The average Bonchev–Trinajstić information content (AvgIpc) is 3.77. The minimum atomic E-state index is -0.599. The highest BCUT2D eigenvalue weighted by Gasteiger charge is 2.30. The fraction of sp³-hybridized carbons (Fsp3) is 0.467. The summed E-state index contributed by atoms with van der Waals surface area (Å²) in [6.45, 7) is 13.8. The molecule has 0 unspecified atom stereocenters. The van der Waals surface area contributed by atoms with Gasteiger partial charge in [-0.25, -0.2) is 4.79 Å². The first-order valence-electron chi connectivity index (χ1n) is 13.3. The highest BCUT2D eigenvalue weighted by Crippen LogP contribution is 2.31. The van der Waals surface area contributed by atoms with Crippen LogP contribution in [0.2, 0.25) is 0 Å². The van der Waals surface area contributed by atoms with Crippen molar-refractivity contribution < 1.29 is 19.1 Å². The maximum absolute atomic E-state index is 12.3. The van der Waals surface area contributed by atoms with Gasteiger partial charge in [-0.1, -0.05) is 45.9 Å². The number of methoxy groups -OCH3 is 1. The number of amidine groups is 1. The summed E-state index contributed by atoms with van der Waals surface area (Å²) in [5.41, 5.74) is 1.83. The van der Waals surface area contributed by atoms with Crippen molar-refractivity contribution in [2.45, 2.75) is 60.3 Å². The summed E-state index contributed by atoms with van der Waals surface area (Å²) in [5, 5.41) is 16.7. The third-order valence-corrected chi connectivity index (χ3v) is 4.98. The van der Waals surface area contributed by atoms with E-state index in [0.29, 0.717) is 34.2 Å². The number of nitrogens with zero attached hydrogens (tertiary/aromatic N) is 1. The Bertz CT molecular complexity index is 1030. The number of carbonyl (C=O) groups is 2. The van der Waals surface area contributed by atoms with Crippen LogP contribution in [0.1, 0.15) is 65.9 Å². The molecule has 1 aliphatic rings. The van der Waals surface area contributed by atoms with Gasteiger partial charge in [-0.2, -0.15) is 0 Å². The molecule has 1 amide bonds. The maximum atomic E-state index is 12.3. The lowest BCUT2D eigenvalue weighted by Crippen LogP contribution is -2.31. The van der Waals surface area contributed by atoms with E-state index >= 15 is 0 Å². The van der Waals surface area contributed by atoms with Gasteiger partial charge in [0.25, 0.3) is 0 Å². The van der Waals surface area contributed by atoms with Gasteiger partial charge < -0.3 is 30.8 Å². The molecule has 9 heteroatoms. The summed E-state index contributed by atoms with van der Waals surface area (Å²) in [4.78, 5) is 28.6. The fourth-order valence-electron chi connectivity index (χ4n) is 2.93. The molecule has 0 bridgehead atoms. The van der Waals surface area contributed by atoms with E-state index < -0.39 is 5.97 Å². The van der Waals surface area contributed by atoms with Crippen LogP contribution in [0.25, 0.3) is 0 Å². The number of nitrogens with one attached hydrogen (secondary N) is 4. The molecule has 0 heterocycles. The molecular formula is C30H47N5O4. The Balaban J connectivity index is 0.00000139. The lowest BCUT2D eigenvalue weighted by Gasteiger charge is -2.18. The van der Waals surface area contributed by atoms with Gasteiger partial charge in [0, 0.05) is 37.4 Å². The normalized spacial score (nSPS) is 12.7. The third-order valence-electron chi connectivity index (χ3n) is 4.98. The van der Waals surface area contributed by atoms with E-state index in [-0.39, 0.29) is 24.0 Å². The number of amides is 1. The Hall–Kier alpha value is -3.88. The van der Waals surface area contributed by atoms with Crippen LogP contribution in [0.15, 0.2) is 59.4 Å². The summed E-state index contributed by atoms with van der Waals surface area (Å²) in [7, 11) is 4.95. The molecular weight excluding hydrogens is 494 g/mol. The zero-order valence-electron chi connectivity index (χ0n) is 24.9. The van der Waals surface area contributed by atoms with Gasteiger partial charge in [0.05, 0.1) is 30.7 Å². The zero-order valence-corrected chi connectivity index (χ0v) is 24.9. The van der Waals surface area contributed by atoms with Crippen LogP contribution in [0.5, 0.6) is 5.75 Å². The zero-order chi connectivity index (χ0) is 29.8. The Kier molecular flexibility index (Phi) is 18.1. The van der Waals surface area contributed by atoms with Gasteiger partial charge in [0.15, 0.2) is 5.75 Å². The SMILES string of the molecule is C=C(C(=O)OCC)/C(=C\C(=NC)NC(=O)C1CC1)Nc1cccc(C(C)=N)c1OC.CC/C=C/NC.CCC. The Labute approximate surface area is 234 Å². The number of hydrogen-bond donors (Lipinski definition) is 4. The molecule has 216 valence electrons. The van der Waals surface area contributed by atoms with Crippen molar-refractivity contribution in [3.05, 3.63) is 60.0 Å². The maximum Gasteiger partial charge on any atom is 0.339 e. The number of ether oxygens (including phenoxy) is 2. The molecule has 0 saturated heterocycles. The standard InChI is InChI=1S/C22H28N4O4.C5H11N.C3H8/c1-6-30-22(28)13(2)18(12-19(24-4)26-21(27)15-10-11-15)25-17-9-7-8-16(14(3)23)20(17)29-5;1-3-4-5-6-2;1-3-2/h7-9,12,15,23,25H,2,6,10-11H2,1,3-5H3,(H,24,26,27);4-6H,3H2,1-2H3;3H2,1-2H3/b18-12+,23-14?;5-4+;. The van der Waals surface area contributed by atoms with E-state index in [1.54, 1.807) is 39.1 Å². The summed E-state index contributed by atoms with van der Waals surface area (Å²) < 4.78 is 10.6. The molecule has 1 aliphatic carbocycles. The lowest BCUT2D eigenvalue weighted by molar-refractivity contribution is -0.138. The summed E-state index contributed by atoms with van der Waals surface area (Å²) >= 11 is 0. The van der Waals surface area contributed by atoms with Crippen LogP contribution in [-0.2, 0) is 14.3 Å². The van der Waals surface area contributed by atoms with Crippen molar-refractivity contribution in [2.24, 2.45) is 10.9 Å². The number of para-hydroxylation sites is 1. The van der Waals surface area contributed by atoms with Crippen molar-refractivity contribution in [3.8, 4) is 5.75 Å². The highest BCUT2D eigenvalue weighted by atomic mass is 16.5. The molecule has 0 aliphatic heterocycles. The molecule has 0 radical (unpaired) electrons. The second-order valence-corrected chi connectivity index (χ2v) is 8.57. The number of aliphatic imine (C=N–C) groups is 1. The number of benzene rings is 1. The third kappa shape index (κ3) is 13.5. The largest absolute Gasteiger partial charge is 0.494 e. The van der Waals surface area contributed by atoms with Gasteiger partial charge in [0.2, 0.25) is 5.91 Å². The van der Waals surface area contributed by atoms with Gasteiger partial charge in [0.1, 0.15) is 5.84 Å². The van der Waals surface area contributed by atoms with Crippen LogP contribution in [0, 0.1) is 11.3 Å². The van der Waals surface area contributed by atoms with Crippen LogP contribution in [0.3, 0.4) is 0 Å². The van der Waals surface area contributed by atoms with Gasteiger partial charge in [-0.15, -0.1) is 0 Å². The first kappa shape index (κ1) is 35.1. The van der Waals surface area contributed by atoms with E-state index in [9.17, 15) is 9.59 Å². The second kappa shape index (κ2) is 20.1. The van der Waals surface area contributed by atoms with Crippen LogP contribution < -0.4 is 20.7 Å². The molecule has 1 saturated carbocycles. The van der Waals surface area contributed by atoms with Gasteiger partial charge in [-0.05, 0) is 51.4 Å². The summed E-state index contributed by atoms with van der Waals surface area (Å²) in [6.07, 6.45) is 9.62. The van der Waals surface area contributed by atoms with Gasteiger partial charge >= 0.3 is 5.97 Å². The minimum Gasteiger partial charge on any atom is -0.494 e. The topological polar surface area (TPSA) is 125 Å². The molecule has 0 atom stereocenters. The minimum absolute atomic E-state index is 0.00663. The average molecular weight is 542 g/mol. The van der Waals surface area contributed by atoms with Crippen molar-refractivity contribution >= 4 is 29.1 Å². The monoisotopic (exact) mass is 541 g/mol. The molecule has 0 aromatic heterocycles. The number of anilines is 1. The number of esters is 1. The van der Waals surface area contributed by atoms with Crippen LogP contribution in [-0.4, -0.2) is 51.2 Å². The number of rotatable bonds is 11. The molecule has 1 aromatic rings. The molecule has 0 spiro atoms. The smallest absolute Gasteiger partial charge is 0.339 e. The Morgan fingerprint density at radius 1 is 1.21 bits per heavy atom. The van der Waals surface area contributed by atoms with E-state index in [0.717, 1.165) is 19.3 Å². The lowest BCUT2D eigenvalue weighted by atomic mass is 10.1. The Morgan fingerprint density at radius 2 is 1.85 bits per heavy atom. The van der Waals surface area contributed by atoms with E-state index in [1.807, 2.05) is 13.2 Å². The predicted octanol–water partition coefficient (Wildman–Crippen LogP) is 5.60. The highest BCUT2D eigenvalue weighted by molar-refractivity contribution is 6.08. The quantitative estimate of drug-likeness (QED) is 0.0950. The van der Waals surface area contributed by atoms with Gasteiger partial charge in [-0.3, -0.25) is 9.79 Å². The second-order valence-electron chi connectivity index (χ2n) is 8.57. The molecule has 4 N–H and O–H groups in total.